The number of carboxylic acid groups (broad SMARTS) is 1. The summed E-state index contributed by atoms with van der Waals surface area (Å²) >= 11 is 0. The number of aliphatic carboxylic acids is 1. The van der Waals surface area contributed by atoms with Gasteiger partial charge in [-0.2, -0.15) is 0 Å². The normalized spacial score (nSPS) is 9.83. The Balaban J connectivity index is 3.93. The van der Waals surface area contributed by atoms with Crippen molar-refractivity contribution in [3.63, 3.8) is 0 Å². The lowest BCUT2D eigenvalue weighted by molar-refractivity contribution is -0.138. The van der Waals surface area contributed by atoms with Gasteiger partial charge < -0.3 is 5.11 Å². The van der Waals surface area contributed by atoms with Crippen LogP contribution in [0.15, 0.2) is 24.8 Å². The molecule has 12 heavy (non-hydrogen) atoms. The third-order valence-electron chi connectivity index (χ3n) is 1.24. The summed E-state index contributed by atoms with van der Waals surface area (Å²) in [6, 6.07) is 0. The minimum atomic E-state index is -0.821. The smallest absolute Gasteiger partial charge is 0.317 e. The maximum absolute atomic E-state index is 10.4. The molecule has 0 fully saturated rings. The summed E-state index contributed by atoms with van der Waals surface area (Å²) in [5.74, 6) is -0.821. The molecule has 0 aliphatic heterocycles. The zero-order valence-electron chi connectivity index (χ0n) is 7.42. The molecule has 0 heterocycles. The SMILES string of the molecule is C=CCN(CC(=C)C)CC(=O)O. The van der Waals surface area contributed by atoms with Crippen molar-refractivity contribution in [1.82, 2.24) is 4.90 Å². The molecule has 0 aliphatic carbocycles. The first-order chi connectivity index (χ1) is 5.56. The third kappa shape index (κ3) is 5.68. The largest absolute Gasteiger partial charge is 0.480 e. The summed E-state index contributed by atoms with van der Waals surface area (Å²) in [5.41, 5.74) is 0.957. The Hall–Kier alpha value is -1.09. The van der Waals surface area contributed by atoms with Gasteiger partial charge in [-0.15, -0.1) is 6.58 Å². The zero-order chi connectivity index (χ0) is 9.56. The van der Waals surface area contributed by atoms with Gasteiger partial charge >= 0.3 is 5.97 Å². The van der Waals surface area contributed by atoms with E-state index >= 15 is 0 Å². The molecule has 0 radical (unpaired) electrons. The summed E-state index contributed by atoms with van der Waals surface area (Å²) in [5, 5.41) is 8.52. The molecule has 0 aromatic rings. The van der Waals surface area contributed by atoms with Crippen LogP contribution in [0, 0.1) is 0 Å². The van der Waals surface area contributed by atoms with Crippen LogP contribution in [0.25, 0.3) is 0 Å². The molecule has 0 atom stereocenters. The molecule has 0 saturated carbocycles. The molecule has 0 rings (SSSR count). The fourth-order valence-electron chi connectivity index (χ4n) is 0.941. The average Bonchev–Trinajstić information content (AvgIpc) is 1.84. The van der Waals surface area contributed by atoms with Crippen LogP contribution in [0.2, 0.25) is 0 Å². The summed E-state index contributed by atoms with van der Waals surface area (Å²) in [7, 11) is 0. The van der Waals surface area contributed by atoms with Crippen LogP contribution in [0.1, 0.15) is 6.92 Å². The molecule has 1 N–H and O–H groups in total. The van der Waals surface area contributed by atoms with E-state index in [1.165, 1.54) is 0 Å². The van der Waals surface area contributed by atoms with Crippen molar-refractivity contribution >= 4 is 5.97 Å². The van der Waals surface area contributed by atoms with Gasteiger partial charge in [0, 0.05) is 13.1 Å². The average molecular weight is 169 g/mol. The highest BCUT2D eigenvalue weighted by molar-refractivity contribution is 5.69. The summed E-state index contributed by atoms with van der Waals surface area (Å²) in [6.07, 6.45) is 1.69. The van der Waals surface area contributed by atoms with Crippen molar-refractivity contribution in [2.75, 3.05) is 19.6 Å². The molecule has 0 amide bonds. The highest BCUT2D eigenvalue weighted by Crippen LogP contribution is 1.95. The maximum Gasteiger partial charge on any atom is 0.317 e. The van der Waals surface area contributed by atoms with Crippen molar-refractivity contribution < 1.29 is 9.90 Å². The van der Waals surface area contributed by atoms with Crippen molar-refractivity contribution in [3.8, 4) is 0 Å². The maximum atomic E-state index is 10.4. The van der Waals surface area contributed by atoms with Gasteiger partial charge in [0.05, 0.1) is 6.54 Å². The molecule has 0 aromatic carbocycles. The zero-order valence-corrected chi connectivity index (χ0v) is 7.42. The molecular formula is C9H15NO2. The van der Waals surface area contributed by atoms with E-state index in [1.807, 2.05) is 6.92 Å². The minimum absolute atomic E-state index is 0.0406. The lowest BCUT2D eigenvalue weighted by Crippen LogP contribution is -2.31. The number of carbonyl (C=O) groups is 1. The molecule has 68 valence electrons. The lowest BCUT2D eigenvalue weighted by atomic mass is 10.3. The van der Waals surface area contributed by atoms with E-state index in [1.54, 1.807) is 11.0 Å². The van der Waals surface area contributed by atoms with Crippen molar-refractivity contribution in [2.24, 2.45) is 0 Å². The van der Waals surface area contributed by atoms with E-state index in [9.17, 15) is 4.79 Å². The molecule has 3 heteroatoms. The molecule has 0 aromatic heterocycles. The summed E-state index contributed by atoms with van der Waals surface area (Å²) < 4.78 is 0. The molecule has 0 saturated heterocycles. The fourth-order valence-corrected chi connectivity index (χ4v) is 0.941. The van der Waals surface area contributed by atoms with Crippen LogP contribution >= 0.6 is 0 Å². The van der Waals surface area contributed by atoms with Gasteiger partial charge in [0.15, 0.2) is 0 Å². The molecular weight excluding hydrogens is 154 g/mol. The van der Waals surface area contributed by atoms with Gasteiger partial charge in [-0.25, -0.2) is 0 Å². The van der Waals surface area contributed by atoms with Crippen molar-refractivity contribution in [2.45, 2.75) is 6.92 Å². The molecule has 0 spiro atoms. The Bertz CT molecular complexity index is 171. The number of carboxylic acids is 1. The van der Waals surface area contributed by atoms with Crippen molar-refractivity contribution in [1.29, 1.82) is 0 Å². The lowest BCUT2D eigenvalue weighted by Gasteiger charge is -2.17. The van der Waals surface area contributed by atoms with Gasteiger partial charge in [0.1, 0.15) is 0 Å². The van der Waals surface area contributed by atoms with Crippen LogP contribution < -0.4 is 0 Å². The van der Waals surface area contributed by atoms with Gasteiger partial charge in [-0.3, -0.25) is 9.69 Å². The van der Waals surface area contributed by atoms with Gasteiger partial charge in [0.2, 0.25) is 0 Å². The van der Waals surface area contributed by atoms with Crippen LogP contribution in [0.4, 0.5) is 0 Å². The fraction of sp³-hybridized carbons (Fsp3) is 0.444. The Morgan fingerprint density at radius 1 is 1.58 bits per heavy atom. The van der Waals surface area contributed by atoms with Crippen LogP contribution in [-0.2, 0) is 4.79 Å². The van der Waals surface area contributed by atoms with Crippen LogP contribution in [0.3, 0.4) is 0 Å². The Morgan fingerprint density at radius 2 is 2.17 bits per heavy atom. The number of hydrogen-bond donors (Lipinski definition) is 1. The Labute approximate surface area is 73.0 Å². The number of hydrogen-bond acceptors (Lipinski definition) is 2. The molecule has 3 nitrogen and oxygen atoms in total. The second kappa shape index (κ2) is 5.55. The first-order valence-electron chi connectivity index (χ1n) is 3.75. The topological polar surface area (TPSA) is 40.5 Å². The standard InChI is InChI=1S/C9H15NO2/c1-4-5-10(6-8(2)3)7-9(11)12/h4H,1-2,5-7H2,3H3,(H,11,12). The predicted octanol–water partition coefficient (Wildman–Crippen LogP) is 1.14. The molecule has 0 unspecified atom stereocenters. The first-order valence-corrected chi connectivity index (χ1v) is 3.75. The summed E-state index contributed by atoms with van der Waals surface area (Å²) in [6.45, 7) is 10.4. The Kier molecular flexibility index (Phi) is 5.04. The van der Waals surface area contributed by atoms with E-state index in [0.29, 0.717) is 13.1 Å². The number of nitrogens with zero attached hydrogens (tertiary/aromatic N) is 1. The second-order valence-corrected chi connectivity index (χ2v) is 2.81. The quantitative estimate of drug-likeness (QED) is 0.606. The van der Waals surface area contributed by atoms with E-state index in [2.05, 4.69) is 13.2 Å². The summed E-state index contributed by atoms with van der Waals surface area (Å²) in [4.78, 5) is 12.1. The third-order valence-corrected chi connectivity index (χ3v) is 1.24. The Morgan fingerprint density at radius 3 is 2.50 bits per heavy atom. The van der Waals surface area contributed by atoms with E-state index in [-0.39, 0.29) is 6.54 Å². The van der Waals surface area contributed by atoms with E-state index in [4.69, 9.17) is 5.11 Å². The van der Waals surface area contributed by atoms with Gasteiger partial charge in [0.25, 0.3) is 0 Å². The van der Waals surface area contributed by atoms with Crippen molar-refractivity contribution in [3.05, 3.63) is 24.8 Å². The molecule has 0 aliphatic rings. The van der Waals surface area contributed by atoms with Crippen LogP contribution in [-0.4, -0.2) is 35.6 Å². The first kappa shape index (κ1) is 10.9. The monoisotopic (exact) mass is 169 g/mol. The van der Waals surface area contributed by atoms with Gasteiger partial charge in [-0.1, -0.05) is 18.2 Å². The van der Waals surface area contributed by atoms with E-state index in [0.717, 1.165) is 5.57 Å². The highest BCUT2D eigenvalue weighted by atomic mass is 16.4. The number of rotatable bonds is 6. The minimum Gasteiger partial charge on any atom is -0.480 e. The second-order valence-electron chi connectivity index (χ2n) is 2.81. The molecule has 0 bridgehead atoms. The van der Waals surface area contributed by atoms with Crippen LogP contribution in [0.5, 0.6) is 0 Å². The van der Waals surface area contributed by atoms with Gasteiger partial charge in [-0.05, 0) is 6.92 Å². The highest BCUT2D eigenvalue weighted by Gasteiger charge is 2.06. The van der Waals surface area contributed by atoms with E-state index < -0.39 is 5.97 Å². The predicted molar refractivity (Wildman–Crippen MR) is 49.1 cm³/mol.